The number of pyridine rings is 1. The molecule has 2 unspecified atom stereocenters. The average molecular weight is 288 g/mol. The normalized spacial score (nSPS) is 22.6. The molecule has 20 heavy (non-hydrogen) atoms. The molecule has 2 atom stereocenters. The second kappa shape index (κ2) is 5.79. The van der Waals surface area contributed by atoms with Crippen LogP contribution >= 0.6 is 11.5 Å². The van der Waals surface area contributed by atoms with Crippen LogP contribution in [0, 0.1) is 5.92 Å². The van der Waals surface area contributed by atoms with E-state index in [1.807, 2.05) is 12.1 Å². The minimum absolute atomic E-state index is 0.532. The molecule has 0 amide bonds. The molecule has 1 aliphatic carbocycles. The van der Waals surface area contributed by atoms with Crippen LogP contribution in [0.1, 0.15) is 32.6 Å². The highest BCUT2D eigenvalue weighted by molar-refractivity contribution is 7.11. The molecule has 0 aromatic carbocycles. The van der Waals surface area contributed by atoms with Gasteiger partial charge in [0.25, 0.3) is 0 Å². The zero-order valence-corrected chi connectivity index (χ0v) is 12.5. The van der Waals surface area contributed by atoms with E-state index in [4.69, 9.17) is 5.73 Å². The Bertz CT molecular complexity index is 567. The predicted molar refractivity (Wildman–Crippen MR) is 84.8 cm³/mol. The summed E-state index contributed by atoms with van der Waals surface area (Å²) in [5.74, 6) is 1.31. The van der Waals surface area contributed by atoms with Gasteiger partial charge in [0.05, 0.1) is 5.56 Å². The second-order valence-electron chi connectivity index (χ2n) is 5.52. The highest BCUT2D eigenvalue weighted by Crippen LogP contribution is 2.38. The summed E-state index contributed by atoms with van der Waals surface area (Å²) >= 11 is 1.46. The molecule has 1 fully saturated rings. The van der Waals surface area contributed by atoms with Gasteiger partial charge in [-0.2, -0.15) is 4.37 Å². The SMILES string of the molecule is CC1CCCCC1Nc1snc(N)c1-c1ccncc1. The Labute approximate surface area is 123 Å². The number of anilines is 2. The van der Waals surface area contributed by atoms with Gasteiger partial charge in [-0.3, -0.25) is 4.98 Å². The van der Waals surface area contributed by atoms with E-state index >= 15 is 0 Å². The van der Waals surface area contributed by atoms with Crippen LogP contribution in [0.3, 0.4) is 0 Å². The Kier molecular flexibility index (Phi) is 3.87. The zero-order chi connectivity index (χ0) is 13.9. The molecular formula is C15H20N4S. The molecule has 5 heteroatoms. The van der Waals surface area contributed by atoms with E-state index in [0.717, 1.165) is 16.1 Å². The summed E-state index contributed by atoms with van der Waals surface area (Å²) in [5.41, 5.74) is 8.16. The smallest absolute Gasteiger partial charge is 0.147 e. The fourth-order valence-electron chi connectivity index (χ4n) is 2.90. The molecule has 0 spiro atoms. The third-order valence-corrected chi connectivity index (χ3v) is 4.91. The van der Waals surface area contributed by atoms with Crippen molar-refractivity contribution < 1.29 is 0 Å². The van der Waals surface area contributed by atoms with Crippen molar-refractivity contribution in [3.05, 3.63) is 24.5 Å². The first-order chi connectivity index (χ1) is 9.75. The Morgan fingerprint density at radius 3 is 2.75 bits per heavy atom. The largest absolute Gasteiger partial charge is 0.382 e. The van der Waals surface area contributed by atoms with Crippen molar-refractivity contribution >= 4 is 22.4 Å². The molecule has 2 heterocycles. The molecule has 0 radical (unpaired) electrons. The van der Waals surface area contributed by atoms with Crippen LogP contribution in [0.25, 0.3) is 11.1 Å². The van der Waals surface area contributed by atoms with Crippen LogP contribution in [-0.4, -0.2) is 15.4 Å². The van der Waals surface area contributed by atoms with Gasteiger partial charge in [0.1, 0.15) is 10.8 Å². The topological polar surface area (TPSA) is 63.8 Å². The molecule has 2 aromatic rings. The lowest BCUT2D eigenvalue weighted by Gasteiger charge is -2.30. The van der Waals surface area contributed by atoms with E-state index < -0.39 is 0 Å². The van der Waals surface area contributed by atoms with Crippen molar-refractivity contribution in [1.82, 2.24) is 9.36 Å². The van der Waals surface area contributed by atoms with Gasteiger partial charge in [0.15, 0.2) is 0 Å². The zero-order valence-electron chi connectivity index (χ0n) is 11.7. The number of nitrogens with one attached hydrogen (secondary N) is 1. The van der Waals surface area contributed by atoms with Crippen molar-refractivity contribution in [2.75, 3.05) is 11.1 Å². The monoisotopic (exact) mass is 288 g/mol. The van der Waals surface area contributed by atoms with Crippen LogP contribution in [0.15, 0.2) is 24.5 Å². The Morgan fingerprint density at radius 1 is 1.25 bits per heavy atom. The van der Waals surface area contributed by atoms with Gasteiger partial charge < -0.3 is 11.1 Å². The molecule has 4 nitrogen and oxygen atoms in total. The molecule has 0 saturated heterocycles. The van der Waals surface area contributed by atoms with Crippen LogP contribution in [0.4, 0.5) is 10.8 Å². The molecule has 0 aliphatic heterocycles. The summed E-state index contributed by atoms with van der Waals surface area (Å²) in [6.07, 6.45) is 8.77. The predicted octanol–water partition coefficient (Wildman–Crippen LogP) is 3.78. The number of rotatable bonds is 3. The lowest BCUT2D eigenvalue weighted by molar-refractivity contribution is 0.350. The molecule has 2 aromatic heterocycles. The maximum atomic E-state index is 6.05. The highest BCUT2D eigenvalue weighted by Gasteiger charge is 2.23. The molecule has 3 N–H and O–H groups in total. The van der Waals surface area contributed by atoms with E-state index in [2.05, 4.69) is 21.6 Å². The molecule has 106 valence electrons. The summed E-state index contributed by atoms with van der Waals surface area (Å²) < 4.78 is 4.32. The van der Waals surface area contributed by atoms with Gasteiger partial charge >= 0.3 is 0 Å². The minimum atomic E-state index is 0.532. The lowest BCUT2D eigenvalue weighted by Crippen LogP contribution is -2.30. The van der Waals surface area contributed by atoms with Crippen molar-refractivity contribution in [3.8, 4) is 11.1 Å². The molecule has 1 saturated carbocycles. The fraction of sp³-hybridized carbons (Fsp3) is 0.467. The van der Waals surface area contributed by atoms with Crippen molar-refractivity contribution in [1.29, 1.82) is 0 Å². The van der Waals surface area contributed by atoms with Gasteiger partial charge in [-0.15, -0.1) is 0 Å². The molecule has 0 bridgehead atoms. The van der Waals surface area contributed by atoms with Crippen molar-refractivity contribution in [2.24, 2.45) is 5.92 Å². The van der Waals surface area contributed by atoms with E-state index in [9.17, 15) is 0 Å². The number of aromatic nitrogens is 2. The fourth-order valence-corrected chi connectivity index (χ4v) is 3.70. The van der Waals surface area contributed by atoms with E-state index in [1.54, 1.807) is 12.4 Å². The second-order valence-corrected chi connectivity index (χ2v) is 6.29. The van der Waals surface area contributed by atoms with Gasteiger partial charge in [0, 0.05) is 18.4 Å². The summed E-state index contributed by atoms with van der Waals surface area (Å²) in [6.45, 7) is 2.33. The average Bonchev–Trinajstić information content (AvgIpc) is 2.83. The number of nitrogen functional groups attached to an aromatic ring is 1. The summed E-state index contributed by atoms with van der Waals surface area (Å²) in [5, 5.41) is 4.76. The first kappa shape index (κ1) is 13.4. The number of hydrogen-bond acceptors (Lipinski definition) is 5. The van der Waals surface area contributed by atoms with Gasteiger partial charge in [-0.25, -0.2) is 0 Å². The van der Waals surface area contributed by atoms with Crippen LogP contribution in [-0.2, 0) is 0 Å². The van der Waals surface area contributed by atoms with E-state index in [-0.39, 0.29) is 0 Å². The number of hydrogen-bond donors (Lipinski definition) is 2. The Hall–Kier alpha value is -1.62. The first-order valence-corrected chi connectivity index (χ1v) is 7.95. The van der Waals surface area contributed by atoms with Crippen molar-refractivity contribution in [3.63, 3.8) is 0 Å². The van der Waals surface area contributed by atoms with Gasteiger partial charge in [-0.05, 0) is 48.0 Å². The minimum Gasteiger partial charge on any atom is -0.382 e. The van der Waals surface area contributed by atoms with E-state index in [1.165, 1.54) is 37.2 Å². The third-order valence-electron chi connectivity index (χ3n) is 4.12. The van der Waals surface area contributed by atoms with Gasteiger partial charge in [0.2, 0.25) is 0 Å². The van der Waals surface area contributed by atoms with Crippen LogP contribution < -0.4 is 11.1 Å². The van der Waals surface area contributed by atoms with Crippen molar-refractivity contribution in [2.45, 2.75) is 38.6 Å². The summed E-state index contributed by atoms with van der Waals surface area (Å²) in [4.78, 5) is 4.06. The van der Waals surface area contributed by atoms with Gasteiger partial charge in [-0.1, -0.05) is 19.8 Å². The quantitative estimate of drug-likeness (QED) is 0.902. The summed E-state index contributed by atoms with van der Waals surface area (Å²) in [6, 6.07) is 4.50. The standard InChI is InChI=1S/C15H20N4S/c1-10-4-2-3-5-12(10)18-15-13(14(16)19-20-15)11-6-8-17-9-7-11/h6-10,12,18H,2-5H2,1H3,(H2,16,19). The molecule has 3 rings (SSSR count). The van der Waals surface area contributed by atoms with Crippen LogP contribution in [0.2, 0.25) is 0 Å². The Morgan fingerprint density at radius 2 is 2.00 bits per heavy atom. The molecular weight excluding hydrogens is 268 g/mol. The first-order valence-electron chi connectivity index (χ1n) is 7.18. The van der Waals surface area contributed by atoms with E-state index in [0.29, 0.717) is 17.8 Å². The summed E-state index contributed by atoms with van der Waals surface area (Å²) in [7, 11) is 0. The van der Waals surface area contributed by atoms with Crippen LogP contribution in [0.5, 0.6) is 0 Å². The lowest BCUT2D eigenvalue weighted by atomic mass is 9.86. The highest BCUT2D eigenvalue weighted by atomic mass is 32.1. The maximum Gasteiger partial charge on any atom is 0.147 e. The number of nitrogens with zero attached hydrogens (tertiary/aromatic N) is 2. The third kappa shape index (κ3) is 2.63. The maximum absolute atomic E-state index is 6.05. The Balaban J connectivity index is 1.87. The molecule has 1 aliphatic rings. The number of nitrogens with two attached hydrogens (primary N) is 1.